The molecule has 0 aromatic carbocycles. The van der Waals surface area contributed by atoms with E-state index in [1.54, 1.807) is 7.05 Å². The first-order valence-corrected chi connectivity index (χ1v) is 3.05. The van der Waals surface area contributed by atoms with Gasteiger partial charge in [-0.25, -0.2) is 0 Å². The Labute approximate surface area is 63.0 Å². The molecule has 0 saturated carbocycles. The molecule has 5 heteroatoms. The predicted molar refractivity (Wildman–Crippen MR) is 38.0 cm³/mol. The SMILES string of the molecule is Cn1cc([N+](=O)[O-])cc1CO. The highest BCUT2D eigenvalue weighted by atomic mass is 16.6. The summed E-state index contributed by atoms with van der Waals surface area (Å²) < 4.78 is 1.53. The third kappa shape index (κ3) is 1.38. The van der Waals surface area contributed by atoms with Crippen molar-refractivity contribution >= 4 is 5.69 Å². The van der Waals surface area contributed by atoms with Crippen LogP contribution in [0, 0.1) is 10.1 Å². The van der Waals surface area contributed by atoms with E-state index in [2.05, 4.69) is 0 Å². The zero-order valence-corrected chi connectivity index (χ0v) is 6.02. The second-order valence-corrected chi connectivity index (χ2v) is 2.22. The molecule has 5 nitrogen and oxygen atoms in total. The van der Waals surface area contributed by atoms with Crippen LogP contribution in [0.3, 0.4) is 0 Å². The third-order valence-electron chi connectivity index (χ3n) is 1.47. The molecule has 0 radical (unpaired) electrons. The molecular formula is C6H8N2O3. The van der Waals surface area contributed by atoms with Crippen LogP contribution >= 0.6 is 0 Å². The van der Waals surface area contributed by atoms with E-state index >= 15 is 0 Å². The lowest BCUT2D eigenvalue weighted by Crippen LogP contribution is -1.92. The minimum atomic E-state index is -0.487. The van der Waals surface area contributed by atoms with Crippen LogP contribution in [0.15, 0.2) is 12.3 Å². The molecule has 0 atom stereocenters. The van der Waals surface area contributed by atoms with E-state index in [0.29, 0.717) is 5.69 Å². The summed E-state index contributed by atoms with van der Waals surface area (Å²) in [6.45, 7) is -0.176. The van der Waals surface area contributed by atoms with Gasteiger partial charge in [0.2, 0.25) is 0 Å². The van der Waals surface area contributed by atoms with E-state index in [9.17, 15) is 10.1 Å². The molecule has 0 amide bonds. The highest BCUT2D eigenvalue weighted by molar-refractivity contribution is 5.30. The van der Waals surface area contributed by atoms with Crippen molar-refractivity contribution in [3.05, 3.63) is 28.1 Å². The average Bonchev–Trinajstić information content (AvgIpc) is 2.31. The number of hydrogen-bond donors (Lipinski definition) is 1. The van der Waals surface area contributed by atoms with Gasteiger partial charge in [0.1, 0.15) is 0 Å². The molecular weight excluding hydrogens is 148 g/mol. The van der Waals surface area contributed by atoms with Gasteiger partial charge >= 0.3 is 0 Å². The molecule has 11 heavy (non-hydrogen) atoms. The van der Waals surface area contributed by atoms with E-state index in [-0.39, 0.29) is 12.3 Å². The first-order valence-electron chi connectivity index (χ1n) is 3.05. The second kappa shape index (κ2) is 2.71. The van der Waals surface area contributed by atoms with E-state index in [1.807, 2.05) is 0 Å². The third-order valence-corrected chi connectivity index (χ3v) is 1.47. The van der Waals surface area contributed by atoms with Gasteiger partial charge in [-0.3, -0.25) is 10.1 Å². The number of hydrogen-bond acceptors (Lipinski definition) is 3. The lowest BCUT2D eigenvalue weighted by molar-refractivity contribution is -0.384. The predicted octanol–water partition coefficient (Wildman–Crippen LogP) is 0.426. The quantitative estimate of drug-likeness (QED) is 0.498. The molecule has 0 aliphatic carbocycles. The maximum atomic E-state index is 10.2. The molecule has 1 aromatic heterocycles. The number of aliphatic hydroxyl groups excluding tert-OH is 1. The van der Waals surface area contributed by atoms with Gasteiger partial charge in [-0.15, -0.1) is 0 Å². The molecule has 1 heterocycles. The fourth-order valence-electron chi connectivity index (χ4n) is 0.848. The number of rotatable bonds is 2. The fourth-order valence-corrected chi connectivity index (χ4v) is 0.848. The van der Waals surface area contributed by atoms with Gasteiger partial charge in [0.15, 0.2) is 0 Å². The number of nitrogens with zero attached hydrogens (tertiary/aromatic N) is 2. The Kier molecular flexibility index (Phi) is 1.91. The van der Waals surface area contributed by atoms with Crippen molar-refractivity contribution in [1.29, 1.82) is 0 Å². The summed E-state index contributed by atoms with van der Waals surface area (Å²) in [5.74, 6) is 0. The van der Waals surface area contributed by atoms with Gasteiger partial charge < -0.3 is 9.67 Å². The van der Waals surface area contributed by atoms with Crippen LogP contribution in [-0.2, 0) is 13.7 Å². The van der Waals surface area contributed by atoms with Crippen LogP contribution in [0.25, 0.3) is 0 Å². The molecule has 1 aromatic rings. The molecule has 0 aliphatic rings. The van der Waals surface area contributed by atoms with E-state index in [0.717, 1.165) is 0 Å². The summed E-state index contributed by atoms with van der Waals surface area (Å²) in [6, 6.07) is 1.35. The van der Waals surface area contributed by atoms with Crippen LogP contribution in [0.1, 0.15) is 5.69 Å². The van der Waals surface area contributed by atoms with Gasteiger partial charge in [-0.1, -0.05) is 0 Å². The second-order valence-electron chi connectivity index (χ2n) is 2.22. The van der Waals surface area contributed by atoms with Crippen LogP contribution in [0.2, 0.25) is 0 Å². The molecule has 0 saturated heterocycles. The van der Waals surface area contributed by atoms with Crippen molar-refractivity contribution in [3.63, 3.8) is 0 Å². The molecule has 0 fully saturated rings. The Balaban J connectivity index is 3.05. The zero-order valence-electron chi connectivity index (χ0n) is 6.02. The monoisotopic (exact) mass is 156 g/mol. The highest BCUT2D eigenvalue weighted by Gasteiger charge is 2.10. The highest BCUT2D eigenvalue weighted by Crippen LogP contribution is 2.14. The summed E-state index contributed by atoms with van der Waals surface area (Å²) in [6.07, 6.45) is 1.37. The Morgan fingerprint density at radius 2 is 2.45 bits per heavy atom. The van der Waals surface area contributed by atoms with Gasteiger partial charge in [0.25, 0.3) is 5.69 Å². The fraction of sp³-hybridized carbons (Fsp3) is 0.333. The van der Waals surface area contributed by atoms with Gasteiger partial charge in [-0.2, -0.15) is 0 Å². The lowest BCUT2D eigenvalue weighted by Gasteiger charge is -1.93. The maximum Gasteiger partial charge on any atom is 0.287 e. The van der Waals surface area contributed by atoms with Crippen LogP contribution < -0.4 is 0 Å². The largest absolute Gasteiger partial charge is 0.390 e. The average molecular weight is 156 g/mol. The van der Waals surface area contributed by atoms with Crippen molar-refractivity contribution in [1.82, 2.24) is 4.57 Å². The van der Waals surface area contributed by atoms with Crippen molar-refractivity contribution in [2.75, 3.05) is 0 Å². The minimum absolute atomic E-state index is 0.0107. The van der Waals surface area contributed by atoms with E-state index in [4.69, 9.17) is 5.11 Å². The molecule has 60 valence electrons. The van der Waals surface area contributed by atoms with E-state index in [1.165, 1.54) is 16.8 Å². The van der Waals surface area contributed by atoms with Crippen molar-refractivity contribution in [2.24, 2.45) is 7.05 Å². The van der Waals surface area contributed by atoms with Gasteiger partial charge in [0.05, 0.1) is 23.4 Å². The summed E-state index contributed by atoms with van der Waals surface area (Å²) in [5.41, 5.74) is 0.549. The molecule has 0 unspecified atom stereocenters. The minimum Gasteiger partial charge on any atom is -0.390 e. The Morgan fingerprint density at radius 3 is 2.73 bits per heavy atom. The molecule has 0 bridgehead atoms. The number of nitro groups is 1. The Hall–Kier alpha value is -1.36. The smallest absolute Gasteiger partial charge is 0.287 e. The molecule has 0 spiro atoms. The normalized spacial score (nSPS) is 10.0. The summed E-state index contributed by atoms with van der Waals surface area (Å²) >= 11 is 0. The number of aromatic nitrogens is 1. The Bertz CT molecular complexity index is 279. The summed E-state index contributed by atoms with van der Waals surface area (Å²) in [7, 11) is 1.65. The molecule has 1 N–H and O–H groups in total. The Morgan fingerprint density at radius 1 is 1.82 bits per heavy atom. The molecule has 0 aliphatic heterocycles. The zero-order chi connectivity index (χ0) is 8.43. The van der Waals surface area contributed by atoms with Crippen molar-refractivity contribution < 1.29 is 10.0 Å². The van der Waals surface area contributed by atoms with Crippen LogP contribution in [-0.4, -0.2) is 14.6 Å². The lowest BCUT2D eigenvalue weighted by atomic mass is 10.4. The van der Waals surface area contributed by atoms with Gasteiger partial charge in [0, 0.05) is 13.1 Å². The first-order chi connectivity index (χ1) is 5.15. The van der Waals surface area contributed by atoms with Gasteiger partial charge in [-0.05, 0) is 0 Å². The van der Waals surface area contributed by atoms with Crippen LogP contribution in [0.4, 0.5) is 5.69 Å². The summed E-state index contributed by atoms with van der Waals surface area (Å²) in [5, 5.41) is 18.9. The summed E-state index contributed by atoms with van der Waals surface area (Å²) in [4.78, 5) is 9.71. The van der Waals surface area contributed by atoms with Crippen LogP contribution in [0.5, 0.6) is 0 Å². The molecule has 1 rings (SSSR count). The number of aliphatic hydroxyl groups is 1. The van der Waals surface area contributed by atoms with Crippen molar-refractivity contribution in [2.45, 2.75) is 6.61 Å². The standard InChI is InChI=1S/C6H8N2O3/c1-7-3-5(8(10)11)2-6(7)4-9/h2-3,9H,4H2,1H3. The first kappa shape index (κ1) is 7.74. The maximum absolute atomic E-state index is 10.2. The topological polar surface area (TPSA) is 68.3 Å². The van der Waals surface area contributed by atoms with E-state index < -0.39 is 4.92 Å². The van der Waals surface area contributed by atoms with Crippen molar-refractivity contribution in [3.8, 4) is 0 Å². The number of aryl methyl sites for hydroxylation is 1.